The Morgan fingerprint density at radius 2 is 2.04 bits per heavy atom. The lowest BCUT2D eigenvalue weighted by molar-refractivity contribution is -0.137. The lowest BCUT2D eigenvalue weighted by Crippen LogP contribution is -2.32. The molecule has 0 aromatic carbocycles. The number of nitriles is 1. The molecule has 1 aliphatic carbocycles. The summed E-state index contributed by atoms with van der Waals surface area (Å²) in [6, 6.07) is 5.52. The van der Waals surface area contributed by atoms with E-state index in [2.05, 4.69) is 21.5 Å². The summed E-state index contributed by atoms with van der Waals surface area (Å²) in [7, 11) is 0. The Morgan fingerprint density at radius 3 is 2.68 bits per heavy atom. The van der Waals surface area contributed by atoms with Gasteiger partial charge >= 0.3 is 6.18 Å². The van der Waals surface area contributed by atoms with Crippen molar-refractivity contribution < 1.29 is 18.0 Å². The molecule has 1 aliphatic rings. The molecule has 3 rings (SSSR count). The normalized spacial score (nSPS) is 16.4. The van der Waals surface area contributed by atoms with Gasteiger partial charge in [0.05, 0.1) is 6.07 Å². The minimum Gasteiger partial charge on any atom is -0.308 e. The molecule has 0 aliphatic heterocycles. The van der Waals surface area contributed by atoms with Gasteiger partial charge in [-0.2, -0.15) is 18.4 Å². The summed E-state index contributed by atoms with van der Waals surface area (Å²) >= 11 is 0. The van der Waals surface area contributed by atoms with E-state index >= 15 is 0 Å². The average Bonchev–Trinajstić information content (AvgIpc) is 3.24. The van der Waals surface area contributed by atoms with Crippen LogP contribution in [-0.4, -0.2) is 20.7 Å². The second-order valence-corrected chi connectivity index (χ2v) is 5.87. The molecule has 25 heavy (non-hydrogen) atoms. The summed E-state index contributed by atoms with van der Waals surface area (Å²) in [5, 5.41) is 15.8. The smallest absolute Gasteiger partial charge is 0.308 e. The van der Waals surface area contributed by atoms with Gasteiger partial charge in [0.2, 0.25) is 5.91 Å². The van der Waals surface area contributed by atoms with Gasteiger partial charge < -0.3 is 5.32 Å². The van der Waals surface area contributed by atoms with Gasteiger partial charge in [0.25, 0.3) is 0 Å². The molecule has 0 unspecified atom stereocenters. The fraction of sp³-hybridized carbons (Fsp3) is 0.375. The number of hydrogen-bond donors (Lipinski definition) is 1. The highest BCUT2D eigenvalue weighted by Crippen LogP contribution is 2.38. The lowest BCUT2D eigenvalue weighted by atomic mass is 9.87. The summed E-state index contributed by atoms with van der Waals surface area (Å²) in [6.45, 7) is 0. The molecule has 9 heteroatoms. The van der Waals surface area contributed by atoms with Gasteiger partial charge in [0.15, 0.2) is 11.6 Å². The number of rotatable bonds is 3. The van der Waals surface area contributed by atoms with Crippen LogP contribution in [0, 0.1) is 16.7 Å². The van der Waals surface area contributed by atoms with Gasteiger partial charge in [-0.05, 0) is 25.0 Å². The zero-order valence-electron chi connectivity index (χ0n) is 13.0. The van der Waals surface area contributed by atoms with Crippen LogP contribution in [0.2, 0.25) is 0 Å². The quantitative estimate of drug-likeness (QED) is 0.921. The first-order chi connectivity index (χ1) is 11.9. The first kappa shape index (κ1) is 17.0. The van der Waals surface area contributed by atoms with E-state index in [0.29, 0.717) is 12.8 Å². The van der Waals surface area contributed by atoms with Crippen LogP contribution in [0.1, 0.15) is 31.2 Å². The van der Waals surface area contributed by atoms with Gasteiger partial charge in [-0.3, -0.25) is 4.79 Å². The van der Waals surface area contributed by atoms with E-state index in [0.717, 1.165) is 23.6 Å². The van der Waals surface area contributed by atoms with E-state index < -0.39 is 23.1 Å². The maximum Gasteiger partial charge on any atom is 0.420 e. The zero-order valence-corrected chi connectivity index (χ0v) is 13.0. The highest BCUT2D eigenvalue weighted by atomic mass is 19.4. The molecule has 0 atom stereocenters. The summed E-state index contributed by atoms with van der Waals surface area (Å²) < 4.78 is 40.1. The molecule has 0 saturated heterocycles. The number of halogens is 3. The van der Waals surface area contributed by atoms with Crippen molar-refractivity contribution in [2.24, 2.45) is 5.41 Å². The minimum atomic E-state index is -4.58. The topological polar surface area (TPSA) is 83.6 Å². The molecule has 2 aromatic rings. The fourth-order valence-electron chi connectivity index (χ4n) is 2.91. The average molecular weight is 349 g/mol. The van der Waals surface area contributed by atoms with Crippen LogP contribution in [0.3, 0.4) is 0 Å². The highest BCUT2D eigenvalue weighted by molar-refractivity contribution is 5.96. The number of amides is 1. The summed E-state index contributed by atoms with van der Waals surface area (Å²) in [4.78, 5) is 16.1. The number of alkyl halides is 3. The molecule has 1 N–H and O–H groups in total. The maximum atomic E-state index is 13.1. The molecule has 130 valence electrons. The molecular formula is C16H14F3N5O. The van der Waals surface area contributed by atoms with E-state index in [-0.39, 0.29) is 11.6 Å². The highest BCUT2D eigenvalue weighted by Gasteiger charge is 2.42. The van der Waals surface area contributed by atoms with Crippen LogP contribution >= 0.6 is 0 Å². The minimum absolute atomic E-state index is 0.0744. The van der Waals surface area contributed by atoms with Gasteiger partial charge in [-0.15, -0.1) is 5.10 Å². The Balaban J connectivity index is 1.85. The summed E-state index contributed by atoms with van der Waals surface area (Å²) in [5.41, 5.74) is -2.02. The molecule has 2 aromatic heterocycles. The SMILES string of the molecule is N#CC1(C(=O)Nc2ccn(-c3ncccc3C(F)(F)F)n2)CCCC1. The predicted molar refractivity (Wildman–Crippen MR) is 81.5 cm³/mol. The first-order valence-corrected chi connectivity index (χ1v) is 7.67. The fourth-order valence-corrected chi connectivity index (χ4v) is 2.91. The lowest BCUT2D eigenvalue weighted by Gasteiger charge is -2.18. The van der Waals surface area contributed by atoms with Gasteiger partial charge in [-0.1, -0.05) is 12.8 Å². The predicted octanol–water partition coefficient (Wildman–Crippen LogP) is 3.31. The van der Waals surface area contributed by atoms with E-state index in [9.17, 15) is 23.2 Å². The first-order valence-electron chi connectivity index (χ1n) is 7.67. The summed E-state index contributed by atoms with van der Waals surface area (Å²) in [5.74, 6) is -0.786. The van der Waals surface area contributed by atoms with Crippen molar-refractivity contribution in [3.05, 3.63) is 36.2 Å². The standard InChI is InChI=1S/C16H14F3N5O/c17-16(18,19)11-4-3-8-21-13(11)24-9-5-12(23-24)22-14(25)15(10-20)6-1-2-7-15/h3-5,8-9H,1-2,6-7H2,(H,22,23,25). The third-order valence-corrected chi connectivity index (χ3v) is 4.25. The van der Waals surface area contributed by atoms with Crippen LogP contribution in [0.15, 0.2) is 30.6 Å². The van der Waals surface area contributed by atoms with E-state index in [1.165, 1.54) is 24.5 Å². The Hall–Kier alpha value is -2.89. The van der Waals surface area contributed by atoms with Crippen molar-refractivity contribution in [1.29, 1.82) is 5.26 Å². The van der Waals surface area contributed by atoms with E-state index in [1.54, 1.807) is 0 Å². The van der Waals surface area contributed by atoms with Crippen LogP contribution in [0.25, 0.3) is 5.82 Å². The monoisotopic (exact) mass is 349 g/mol. The molecule has 1 fully saturated rings. The number of anilines is 1. The van der Waals surface area contributed by atoms with Gasteiger partial charge in [-0.25, -0.2) is 9.67 Å². The third-order valence-electron chi connectivity index (χ3n) is 4.25. The van der Waals surface area contributed by atoms with Crippen LogP contribution < -0.4 is 5.32 Å². The Bertz CT molecular complexity index is 831. The van der Waals surface area contributed by atoms with Crippen LogP contribution in [0.5, 0.6) is 0 Å². The molecule has 2 heterocycles. The van der Waals surface area contributed by atoms with Crippen molar-refractivity contribution in [1.82, 2.24) is 14.8 Å². The second kappa shape index (κ2) is 6.20. The molecule has 0 spiro atoms. The van der Waals surface area contributed by atoms with Crippen molar-refractivity contribution in [2.45, 2.75) is 31.9 Å². The number of aromatic nitrogens is 3. The van der Waals surface area contributed by atoms with Crippen molar-refractivity contribution in [3.8, 4) is 11.9 Å². The largest absolute Gasteiger partial charge is 0.420 e. The number of pyridine rings is 1. The van der Waals surface area contributed by atoms with E-state index in [1.807, 2.05) is 0 Å². The Kier molecular flexibility index (Phi) is 4.20. The molecule has 0 bridgehead atoms. The Morgan fingerprint density at radius 1 is 1.32 bits per heavy atom. The van der Waals surface area contributed by atoms with Crippen molar-refractivity contribution >= 4 is 11.7 Å². The summed E-state index contributed by atoms with van der Waals surface area (Å²) in [6.07, 6.45) is 0.446. The van der Waals surface area contributed by atoms with E-state index in [4.69, 9.17) is 0 Å². The van der Waals surface area contributed by atoms with Crippen LogP contribution in [0.4, 0.5) is 19.0 Å². The number of carbonyl (C=O) groups is 1. The maximum absolute atomic E-state index is 13.1. The molecule has 0 radical (unpaired) electrons. The number of nitrogens with one attached hydrogen (secondary N) is 1. The molecular weight excluding hydrogens is 335 g/mol. The zero-order chi connectivity index (χ0) is 18.1. The van der Waals surface area contributed by atoms with Gasteiger partial charge in [0, 0.05) is 18.5 Å². The van der Waals surface area contributed by atoms with Crippen molar-refractivity contribution in [2.75, 3.05) is 5.32 Å². The molecule has 1 amide bonds. The molecule has 6 nitrogen and oxygen atoms in total. The number of hydrogen-bond acceptors (Lipinski definition) is 4. The second-order valence-electron chi connectivity index (χ2n) is 5.87. The third kappa shape index (κ3) is 3.20. The number of carbonyl (C=O) groups excluding carboxylic acids is 1. The Labute approximate surface area is 141 Å². The molecule has 1 saturated carbocycles. The number of nitrogens with zero attached hydrogens (tertiary/aromatic N) is 4. The van der Waals surface area contributed by atoms with Crippen molar-refractivity contribution in [3.63, 3.8) is 0 Å². The van der Waals surface area contributed by atoms with Gasteiger partial charge in [0.1, 0.15) is 11.0 Å². The van der Waals surface area contributed by atoms with Crippen LogP contribution in [-0.2, 0) is 11.0 Å².